The van der Waals surface area contributed by atoms with Crippen molar-refractivity contribution >= 4 is 40.4 Å². The largest absolute Gasteiger partial charge is 0.366 e. The molecule has 6 rings (SSSR count). The molecule has 2 aromatic heterocycles. The number of anilines is 1. The first-order chi connectivity index (χ1) is 21.1. The number of carbonyl (C=O) groups is 2. The lowest BCUT2D eigenvalue weighted by Crippen LogP contribution is -2.44. The number of rotatable bonds is 7. The number of nitrogens with one attached hydrogen (secondary N) is 2. The topological polar surface area (TPSA) is 107 Å². The summed E-state index contributed by atoms with van der Waals surface area (Å²) in [5.74, 6) is -0.387. The number of amides is 2. The van der Waals surface area contributed by atoms with Gasteiger partial charge in [-0.1, -0.05) is 32.9 Å². The SMILES string of the molecule is CC(C)(C)CCN1C(=O)[C@H](CC(=O)N2CCC(n3c(=O)[nH]c4ncccc43)CC2)S[C@H]1c1cccc(F)c1N1CCNCC1.[HH].[HH]. The van der Waals surface area contributed by atoms with Crippen molar-refractivity contribution in [3.63, 3.8) is 0 Å². The van der Waals surface area contributed by atoms with E-state index in [0.29, 0.717) is 56.9 Å². The molecule has 0 aliphatic carbocycles. The van der Waals surface area contributed by atoms with Gasteiger partial charge in [-0.05, 0) is 42.9 Å². The molecule has 0 spiro atoms. The Kier molecular flexibility index (Phi) is 8.74. The lowest BCUT2D eigenvalue weighted by Gasteiger charge is -2.34. The number of nitrogens with zero attached hydrogens (tertiary/aromatic N) is 5. The van der Waals surface area contributed by atoms with E-state index in [1.807, 2.05) is 28.0 Å². The summed E-state index contributed by atoms with van der Waals surface area (Å²) in [6, 6.07) is 8.83. The number of halogens is 1. The average molecular weight is 628 g/mol. The Hall–Kier alpha value is -3.38. The van der Waals surface area contributed by atoms with Crippen molar-refractivity contribution in [2.45, 2.75) is 63.1 Å². The number of likely N-dealkylation sites (tertiary alicyclic amines) is 1. The smallest absolute Gasteiger partial charge is 0.327 e. The minimum Gasteiger partial charge on any atom is -0.366 e. The Balaban J connectivity index is 0.00000240. The Morgan fingerprint density at radius 1 is 1.09 bits per heavy atom. The fraction of sp³-hybridized carbons (Fsp3) is 0.562. The van der Waals surface area contributed by atoms with E-state index in [0.717, 1.165) is 30.6 Å². The zero-order valence-electron chi connectivity index (χ0n) is 25.7. The normalized spacial score (nSPS) is 21.9. The maximum atomic E-state index is 15.4. The molecule has 3 saturated heterocycles. The summed E-state index contributed by atoms with van der Waals surface area (Å²) in [5.41, 5.74) is 2.53. The number of piperazine rings is 1. The van der Waals surface area contributed by atoms with E-state index in [4.69, 9.17) is 0 Å². The van der Waals surface area contributed by atoms with Crippen LogP contribution in [0.2, 0.25) is 0 Å². The van der Waals surface area contributed by atoms with Crippen LogP contribution < -0.4 is 15.9 Å². The van der Waals surface area contributed by atoms with Crippen LogP contribution >= 0.6 is 11.8 Å². The third-order valence-electron chi connectivity index (χ3n) is 8.99. The number of H-pyrrole nitrogens is 1. The van der Waals surface area contributed by atoms with Crippen molar-refractivity contribution in [1.29, 1.82) is 0 Å². The van der Waals surface area contributed by atoms with Gasteiger partial charge in [0.1, 0.15) is 11.2 Å². The number of benzene rings is 1. The summed E-state index contributed by atoms with van der Waals surface area (Å²) in [4.78, 5) is 53.0. The summed E-state index contributed by atoms with van der Waals surface area (Å²) < 4.78 is 17.2. The van der Waals surface area contributed by atoms with Crippen LogP contribution in [0.3, 0.4) is 0 Å². The van der Waals surface area contributed by atoms with Crippen LogP contribution in [0.1, 0.15) is 66.3 Å². The van der Waals surface area contributed by atoms with E-state index in [1.54, 1.807) is 16.8 Å². The number of thioether (sulfide) groups is 1. The molecule has 10 nitrogen and oxygen atoms in total. The van der Waals surface area contributed by atoms with Gasteiger partial charge in [0.25, 0.3) is 0 Å². The second-order valence-corrected chi connectivity index (χ2v) is 14.5. The van der Waals surface area contributed by atoms with Gasteiger partial charge in [0.15, 0.2) is 5.65 Å². The van der Waals surface area contributed by atoms with Crippen molar-refractivity contribution in [3.8, 4) is 0 Å². The minimum atomic E-state index is -0.536. The van der Waals surface area contributed by atoms with Gasteiger partial charge in [0.2, 0.25) is 11.8 Å². The number of hydrogen-bond acceptors (Lipinski definition) is 7. The first-order valence-electron chi connectivity index (χ1n) is 15.6. The van der Waals surface area contributed by atoms with E-state index in [2.05, 4.69) is 41.0 Å². The van der Waals surface area contributed by atoms with Crippen LogP contribution in [-0.4, -0.2) is 87.2 Å². The van der Waals surface area contributed by atoms with E-state index in [-0.39, 0.29) is 49.4 Å². The summed E-state index contributed by atoms with van der Waals surface area (Å²) >= 11 is 1.48. The first kappa shape index (κ1) is 30.6. The van der Waals surface area contributed by atoms with E-state index in [9.17, 15) is 14.4 Å². The molecule has 0 saturated carbocycles. The number of imidazole rings is 1. The zero-order valence-corrected chi connectivity index (χ0v) is 26.5. The van der Waals surface area contributed by atoms with Crippen molar-refractivity contribution in [1.82, 2.24) is 29.7 Å². The third kappa shape index (κ3) is 6.24. The molecule has 5 heterocycles. The molecule has 2 N–H and O–H groups in total. The lowest BCUT2D eigenvalue weighted by atomic mass is 9.92. The van der Waals surface area contributed by atoms with E-state index < -0.39 is 5.25 Å². The molecule has 240 valence electrons. The van der Waals surface area contributed by atoms with Gasteiger partial charge in [-0.25, -0.2) is 14.2 Å². The molecule has 3 aliphatic heterocycles. The van der Waals surface area contributed by atoms with Gasteiger partial charge < -0.3 is 20.0 Å². The molecule has 0 radical (unpaired) electrons. The number of piperidine rings is 1. The van der Waals surface area contributed by atoms with Gasteiger partial charge in [-0.3, -0.25) is 19.1 Å². The molecule has 0 bridgehead atoms. The molecule has 44 heavy (non-hydrogen) atoms. The van der Waals surface area contributed by atoms with Crippen molar-refractivity contribution < 1.29 is 16.8 Å². The molecule has 2 amide bonds. The minimum absolute atomic E-state index is 0. The lowest BCUT2D eigenvalue weighted by molar-refractivity contribution is -0.136. The van der Waals surface area contributed by atoms with Crippen LogP contribution in [0, 0.1) is 11.2 Å². The predicted octanol–water partition coefficient (Wildman–Crippen LogP) is 4.40. The summed E-state index contributed by atoms with van der Waals surface area (Å²) in [5, 5.41) is 2.43. The molecule has 3 aromatic rings. The van der Waals surface area contributed by atoms with Gasteiger partial charge in [-0.2, -0.15) is 0 Å². The molecule has 3 fully saturated rings. The van der Waals surface area contributed by atoms with Gasteiger partial charge in [-0.15, -0.1) is 11.8 Å². The highest BCUT2D eigenvalue weighted by atomic mass is 32.2. The van der Waals surface area contributed by atoms with E-state index in [1.165, 1.54) is 17.8 Å². The number of carbonyl (C=O) groups excluding carboxylic acids is 2. The number of aromatic amines is 1. The quantitative estimate of drug-likeness (QED) is 0.400. The third-order valence-corrected chi connectivity index (χ3v) is 10.5. The highest BCUT2D eigenvalue weighted by Gasteiger charge is 2.44. The highest BCUT2D eigenvalue weighted by Crippen LogP contribution is 2.48. The van der Waals surface area contributed by atoms with Crippen molar-refractivity contribution in [2.75, 3.05) is 50.7 Å². The first-order valence-corrected chi connectivity index (χ1v) is 16.6. The number of fused-ring (bicyclic) bond motifs is 1. The Labute approximate surface area is 264 Å². The van der Waals surface area contributed by atoms with Crippen LogP contribution in [0.25, 0.3) is 11.2 Å². The number of para-hydroxylation sites is 1. The monoisotopic (exact) mass is 627 g/mol. The zero-order chi connectivity index (χ0) is 31.0. The van der Waals surface area contributed by atoms with Crippen LogP contribution in [0.4, 0.5) is 10.1 Å². The van der Waals surface area contributed by atoms with Crippen LogP contribution in [0.5, 0.6) is 0 Å². The summed E-state index contributed by atoms with van der Waals surface area (Å²) in [7, 11) is 0. The van der Waals surface area contributed by atoms with Crippen molar-refractivity contribution in [2.24, 2.45) is 5.41 Å². The Bertz CT molecular complexity index is 1580. The van der Waals surface area contributed by atoms with Crippen LogP contribution in [-0.2, 0) is 9.59 Å². The van der Waals surface area contributed by atoms with Gasteiger partial charge >= 0.3 is 5.69 Å². The van der Waals surface area contributed by atoms with Crippen molar-refractivity contribution in [3.05, 3.63) is 58.4 Å². The maximum absolute atomic E-state index is 15.4. The highest BCUT2D eigenvalue weighted by molar-refractivity contribution is 8.01. The van der Waals surface area contributed by atoms with Gasteiger partial charge in [0, 0.05) is 72.9 Å². The number of aromatic nitrogens is 3. The average Bonchev–Trinajstić information content (AvgIpc) is 3.51. The molecule has 2 atom stereocenters. The maximum Gasteiger partial charge on any atom is 0.327 e. The molecule has 3 aliphatic rings. The van der Waals surface area contributed by atoms with Crippen LogP contribution in [0.15, 0.2) is 41.3 Å². The standard InChI is InChI=1S/C32H42FN7O3S.2H2/c1-32(2,3)11-17-39-29(42)25(44-30(39)22-6-4-7-23(33)27(22)38-18-13-34-14-19-38)20-26(41)37-15-9-21(10-16-37)40-24-8-5-12-35-28(24)36-31(40)43;;/h4-8,12,21,25,30,34H,9-11,13-20H2,1-3H3,(H,35,36,43);2*1H/t25-,30-;;/m0../s1. The fourth-order valence-electron chi connectivity index (χ4n) is 6.58. The predicted molar refractivity (Wildman–Crippen MR) is 175 cm³/mol. The summed E-state index contributed by atoms with van der Waals surface area (Å²) in [6.45, 7) is 11.0. The fourth-order valence-corrected chi connectivity index (χ4v) is 8.08. The number of hydrogen-bond donors (Lipinski definition) is 2. The number of pyridine rings is 1. The molecule has 12 heteroatoms. The molecular weight excluding hydrogens is 581 g/mol. The second-order valence-electron chi connectivity index (χ2n) is 13.2. The Morgan fingerprint density at radius 3 is 2.57 bits per heavy atom. The Morgan fingerprint density at radius 2 is 1.84 bits per heavy atom. The molecule has 0 unspecified atom stereocenters. The summed E-state index contributed by atoms with van der Waals surface area (Å²) in [6.07, 6.45) is 3.85. The molecule has 1 aromatic carbocycles. The van der Waals surface area contributed by atoms with E-state index >= 15 is 4.39 Å². The second kappa shape index (κ2) is 12.5. The molecular formula is C32H46FN7O3S. The van der Waals surface area contributed by atoms with Gasteiger partial charge in [0.05, 0.1) is 16.5 Å².